The summed E-state index contributed by atoms with van der Waals surface area (Å²) in [5.74, 6) is -0.554. The molecule has 1 aromatic rings. The third-order valence-corrected chi connectivity index (χ3v) is 2.88. The van der Waals surface area contributed by atoms with Gasteiger partial charge in [0.2, 0.25) is 0 Å². The molecule has 13 heavy (non-hydrogen) atoms. The van der Waals surface area contributed by atoms with E-state index in [1.54, 1.807) is 13.2 Å². The molecule has 0 saturated heterocycles. The molecule has 0 bridgehead atoms. The van der Waals surface area contributed by atoms with E-state index in [4.69, 9.17) is 0 Å². The summed E-state index contributed by atoms with van der Waals surface area (Å²) in [6, 6.07) is 0. The summed E-state index contributed by atoms with van der Waals surface area (Å²) in [6.07, 6.45) is 3.48. The average molecular weight is 202 g/mol. The molecule has 0 N–H and O–H groups in total. The van der Waals surface area contributed by atoms with Crippen molar-refractivity contribution >= 4 is 16.1 Å². The molecule has 0 saturated carbocycles. The number of aryl methyl sites for hydroxylation is 1. The van der Waals surface area contributed by atoms with Crippen LogP contribution in [0.5, 0.6) is 0 Å². The number of hydrogen-bond acceptors (Lipinski definition) is 4. The highest BCUT2D eigenvalue weighted by Gasteiger charge is 2.11. The summed E-state index contributed by atoms with van der Waals surface area (Å²) in [5, 5.41) is 3.82. The lowest BCUT2D eigenvalue weighted by molar-refractivity contribution is -0.105. The van der Waals surface area contributed by atoms with Crippen molar-refractivity contribution < 1.29 is 13.2 Å². The Labute approximate surface area is 76.3 Å². The van der Waals surface area contributed by atoms with Gasteiger partial charge in [0.25, 0.3) is 0 Å². The average Bonchev–Trinajstić information content (AvgIpc) is 2.34. The molecule has 1 aromatic heterocycles. The van der Waals surface area contributed by atoms with Gasteiger partial charge in [-0.3, -0.25) is 4.68 Å². The van der Waals surface area contributed by atoms with E-state index >= 15 is 0 Å². The van der Waals surface area contributed by atoms with Gasteiger partial charge in [-0.25, -0.2) is 8.42 Å². The van der Waals surface area contributed by atoms with Gasteiger partial charge in [0.1, 0.15) is 12.0 Å². The molecular formula is C7H10N2O3S. The highest BCUT2D eigenvalue weighted by molar-refractivity contribution is 7.91. The summed E-state index contributed by atoms with van der Waals surface area (Å²) >= 11 is 0. The Kier molecular flexibility index (Phi) is 2.82. The largest absolute Gasteiger partial charge is 0.302 e. The van der Waals surface area contributed by atoms with Gasteiger partial charge >= 0.3 is 0 Å². The minimum atomic E-state index is -3.29. The van der Waals surface area contributed by atoms with Gasteiger partial charge in [0.05, 0.1) is 11.9 Å². The predicted octanol–water partition coefficient (Wildman–Crippen LogP) is -0.466. The Balaban J connectivity index is 2.74. The monoisotopic (exact) mass is 202 g/mol. The molecule has 1 rings (SSSR count). The normalized spacial score (nSPS) is 11.5. The van der Waals surface area contributed by atoms with Gasteiger partial charge < -0.3 is 4.79 Å². The van der Waals surface area contributed by atoms with Crippen LogP contribution in [0.4, 0.5) is 0 Å². The molecule has 0 amide bonds. The number of rotatable bonds is 4. The molecule has 0 aliphatic carbocycles. The zero-order valence-electron chi connectivity index (χ0n) is 7.17. The van der Waals surface area contributed by atoms with Crippen molar-refractivity contribution in [2.75, 3.05) is 5.75 Å². The Bertz CT molecular complexity index is 394. The molecule has 5 nitrogen and oxygen atoms in total. The van der Waals surface area contributed by atoms with E-state index in [1.165, 1.54) is 10.9 Å². The molecule has 72 valence electrons. The lowest BCUT2D eigenvalue weighted by Gasteiger charge is -1.95. The Morgan fingerprint density at radius 2 is 2.31 bits per heavy atom. The van der Waals surface area contributed by atoms with Crippen LogP contribution in [0, 0.1) is 0 Å². The molecule has 0 atom stereocenters. The minimum absolute atomic E-state index is 0.125. The third kappa shape index (κ3) is 2.98. The summed E-state index contributed by atoms with van der Waals surface area (Å²) in [4.78, 5) is 10.0. The molecule has 0 radical (unpaired) electrons. The van der Waals surface area contributed by atoms with E-state index < -0.39 is 15.6 Å². The van der Waals surface area contributed by atoms with Crippen LogP contribution in [0.25, 0.3) is 0 Å². The van der Waals surface area contributed by atoms with E-state index in [-0.39, 0.29) is 5.75 Å². The van der Waals surface area contributed by atoms with Crippen molar-refractivity contribution in [3.63, 3.8) is 0 Å². The number of aldehydes is 1. The summed E-state index contributed by atoms with van der Waals surface area (Å²) in [7, 11) is -1.59. The highest BCUT2D eigenvalue weighted by Crippen LogP contribution is 2.03. The second-order valence-electron chi connectivity index (χ2n) is 2.74. The summed E-state index contributed by atoms with van der Waals surface area (Å²) in [6.45, 7) is 0. The number of aromatic nitrogens is 2. The fraction of sp³-hybridized carbons (Fsp3) is 0.429. The third-order valence-electron chi connectivity index (χ3n) is 1.47. The van der Waals surface area contributed by atoms with Crippen molar-refractivity contribution in [2.24, 2.45) is 7.05 Å². The summed E-state index contributed by atoms with van der Waals surface area (Å²) in [5.41, 5.74) is 0.601. The number of hydrogen-bond donors (Lipinski definition) is 0. The molecule has 1 heterocycles. The predicted molar refractivity (Wildman–Crippen MR) is 46.8 cm³/mol. The van der Waals surface area contributed by atoms with Crippen LogP contribution < -0.4 is 0 Å². The van der Waals surface area contributed by atoms with E-state index in [2.05, 4.69) is 5.10 Å². The topological polar surface area (TPSA) is 69.0 Å². The number of sulfone groups is 1. The number of nitrogens with zero attached hydrogens (tertiary/aromatic N) is 2. The van der Waals surface area contributed by atoms with Gasteiger partial charge in [-0.05, 0) is 0 Å². The summed E-state index contributed by atoms with van der Waals surface area (Å²) < 4.78 is 23.8. The van der Waals surface area contributed by atoms with Crippen LogP contribution in [0.15, 0.2) is 12.4 Å². The van der Waals surface area contributed by atoms with Gasteiger partial charge in [0, 0.05) is 18.8 Å². The maximum atomic E-state index is 11.1. The number of carbonyl (C=O) groups excluding carboxylic acids is 1. The van der Waals surface area contributed by atoms with Crippen molar-refractivity contribution in [3.8, 4) is 0 Å². The Morgan fingerprint density at radius 1 is 1.62 bits per heavy atom. The standard InChI is InChI=1S/C7H10N2O3S/c1-9-5-7(4-8-9)6-13(11,12)3-2-10/h2,4-5H,3,6H2,1H3. The quantitative estimate of drug-likeness (QED) is 0.619. The van der Waals surface area contributed by atoms with Crippen LogP contribution in [0.1, 0.15) is 5.56 Å². The number of carbonyl (C=O) groups is 1. The first-order valence-electron chi connectivity index (χ1n) is 3.65. The molecule has 0 aliphatic rings. The molecule has 0 aromatic carbocycles. The molecule has 0 spiro atoms. The smallest absolute Gasteiger partial charge is 0.161 e. The first-order valence-corrected chi connectivity index (χ1v) is 5.47. The maximum Gasteiger partial charge on any atom is 0.161 e. The zero-order chi connectivity index (χ0) is 9.90. The molecule has 0 fully saturated rings. The fourth-order valence-corrected chi connectivity index (χ4v) is 1.95. The molecule has 0 unspecified atom stereocenters. The van der Waals surface area contributed by atoms with Gasteiger partial charge in [-0.2, -0.15) is 5.10 Å². The SMILES string of the molecule is Cn1cc(CS(=O)(=O)CC=O)cn1. The lowest BCUT2D eigenvalue weighted by Crippen LogP contribution is -2.09. The Hall–Kier alpha value is -1.17. The van der Waals surface area contributed by atoms with Crippen molar-refractivity contribution in [1.82, 2.24) is 9.78 Å². The van der Waals surface area contributed by atoms with Crippen molar-refractivity contribution in [3.05, 3.63) is 18.0 Å². The van der Waals surface area contributed by atoms with Crippen LogP contribution in [-0.2, 0) is 27.4 Å². The maximum absolute atomic E-state index is 11.1. The molecule has 6 heteroatoms. The Morgan fingerprint density at radius 3 is 2.77 bits per heavy atom. The van der Waals surface area contributed by atoms with E-state index in [9.17, 15) is 13.2 Å². The lowest BCUT2D eigenvalue weighted by atomic mass is 10.4. The second kappa shape index (κ2) is 3.69. The van der Waals surface area contributed by atoms with Gasteiger partial charge in [-0.1, -0.05) is 0 Å². The minimum Gasteiger partial charge on any atom is -0.302 e. The second-order valence-corrected chi connectivity index (χ2v) is 4.85. The van der Waals surface area contributed by atoms with Crippen LogP contribution in [-0.4, -0.2) is 30.2 Å². The molecular weight excluding hydrogens is 192 g/mol. The fourth-order valence-electron chi connectivity index (χ4n) is 0.963. The first-order chi connectivity index (χ1) is 6.03. The highest BCUT2D eigenvalue weighted by atomic mass is 32.2. The zero-order valence-corrected chi connectivity index (χ0v) is 7.99. The molecule has 0 aliphatic heterocycles. The van der Waals surface area contributed by atoms with Crippen molar-refractivity contribution in [1.29, 1.82) is 0 Å². The van der Waals surface area contributed by atoms with Crippen LogP contribution in [0.2, 0.25) is 0 Å². The van der Waals surface area contributed by atoms with Crippen LogP contribution >= 0.6 is 0 Å². The van der Waals surface area contributed by atoms with Gasteiger partial charge in [-0.15, -0.1) is 0 Å². The van der Waals surface area contributed by atoms with E-state index in [0.717, 1.165) is 0 Å². The van der Waals surface area contributed by atoms with E-state index in [0.29, 0.717) is 11.8 Å². The van der Waals surface area contributed by atoms with Crippen LogP contribution in [0.3, 0.4) is 0 Å². The van der Waals surface area contributed by atoms with Gasteiger partial charge in [0.15, 0.2) is 9.84 Å². The van der Waals surface area contributed by atoms with Crippen molar-refractivity contribution in [2.45, 2.75) is 5.75 Å². The first kappa shape index (κ1) is 9.91. The van der Waals surface area contributed by atoms with E-state index in [1.807, 2.05) is 0 Å².